The second-order valence-electron chi connectivity index (χ2n) is 8.50. The number of aromatic hydroxyl groups is 1. The molecule has 200 valence electrons. The summed E-state index contributed by atoms with van der Waals surface area (Å²) < 4.78 is 0. The van der Waals surface area contributed by atoms with Gasteiger partial charge < -0.3 is 37.6 Å². The number of carbonyl (C=O) groups excluding carboxylic acids is 4. The molecule has 0 fully saturated rings. The average Bonchev–Trinajstić information content (AvgIpc) is 2.83. The Balaban J connectivity index is 2.99. The summed E-state index contributed by atoms with van der Waals surface area (Å²) in [5.74, 6) is -4.58. The lowest BCUT2D eigenvalue weighted by Crippen LogP contribution is -2.59. The van der Waals surface area contributed by atoms with E-state index in [9.17, 15) is 34.2 Å². The molecule has 9 N–H and O–H groups in total. The molecular formula is C23H35N5O7S. The molecule has 36 heavy (non-hydrogen) atoms. The summed E-state index contributed by atoms with van der Waals surface area (Å²) in [6.45, 7) is 3.49. The minimum Gasteiger partial charge on any atom is -0.508 e. The Labute approximate surface area is 215 Å². The van der Waals surface area contributed by atoms with E-state index in [1.165, 1.54) is 12.1 Å². The predicted molar refractivity (Wildman–Crippen MR) is 135 cm³/mol. The van der Waals surface area contributed by atoms with E-state index in [4.69, 9.17) is 11.5 Å². The zero-order chi connectivity index (χ0) is 27.4. The van der Waals surface area contributed by atoms with E-state index >= 15 is 0 Å². The Morgan fingerprint density at radius 1 is 0.972 bits per heavy atom. The number of benzene rings is 1. The lowest BCUT2D eigenvalue weighted by molar-refractivity contribution is -0.142. The quantitative estimate of drug-likeness (QED) is 0.133. The molecule has 0 heterocycles. The van der Waals surface area contributed by atoms with Gasteiger partial charge in [-0.05, 0) is 36.5 Å². The van der Waals surface area contributed by atoms with Crippen LogP contribution in [-0.4, -0.2) is 69.7 Å². The lowest BCUT2D eigenvalue weighted by Gasteiger charge is -2.28. The highest BCUT2D eigenvalue weighted by molar-refractivity contribution is 7.80. The topological polar surface area (TPSA) is 214 Å². The maximum absolute atomic E-state index is 13.1. The molecular weight excluding hydrogens is 490 g/mol. The van der Waals surface area contributed by atoms with Crippen LogP contribution in [0.4, 0.5) is 0 Å². The number of nitrogens with one attached hydrogen (secondary N) is 3. The molecule has 0 aliphatic carbocycles. The molecule has 0 bridgehead atoms. The van der Waals surface area contributed by atoms with Crippen molar-refractivity contribution in [1.82, 2.24) is 16.0 Å². The summed E-state index contributed by atoms with van der Waals surface area (Å²) in [6, 6.07) is 1.47. The van der Waals surface area contributed by atoms with Crippen molar-refractivity contribution in [3.05, 3.63) is 29.8 Å². The number of hydrogen-bond donors (Lipinski definition) is 8. The first kappa shape index (κ1) is 30.7. The number of phenols is 1. The number of hydrogen-bond acceptors (Lipinski definition) is 8. The van der Waals surface area contributed by atoms with Gasteiger partial charge in [0.15, 0.2) is 0 Å². The number of nitrogens with two attached hydrogens (primary N) is 2. The van der Waals surface area contributed by atoms with E-state index in [-0.39, 0.29) is 36.7 Å². The number of carboxylic acid groups (broad SMARTS) is 1. The van der Waals surface area contributed by atoms with Gasteiger partial charge in [-0.2, -0.15) is 12.6 Å². The van der Waals surface area contributed by atoms with Crippen molar-refractivity contribution in [3.63, 3.8) is 0 Å². The molecule has 0 saturated carbocycles. The maximum atomic E-state index is 13.1. The van der Waals surface area contributed by atoms with Gasteiger partial charge in [-0.3, -0.25) is 19.2 Å². The van der Waals surface area contributed by atoms with Crippen LogP contribution in [0.15, 0.2) is 24.3 Å². The number of rotatable bonds is 15. The van der Waals surface area contributed by atoms with Crippen molar-refractivity contribution in [1.29, 1.82) is 0 Å². The molecule has 1 aromatic carbocycles. The van der Waals surface area contributed by atoms with Gasteiger partial charge in [-0.15, -0.1) is 0 Å². The number of aliphatic carboxylic acids is 1. The number of carboxylic acids is 1. The standard InChI is InChI=1S/C23H35N5O7S/c1-3-12(2)19(22(33)27-17(11-36)23(34)35)28-21(32)16(8-9-18(25)30)26-20(31)15(24)10-13-4-6-14(29)7-5-13/h4-7,12,15-17,19,29,36H,3,8-11,24H2,1-2H3,(H2,25,30)(H,26,31)(H,27,33)(H,28,32)(H,34,35). The van der Waals surface area contributed by atoms with Gasteiger partial charge in [0.05, 0.1) is 6.04 Å². The molecule has 0 saturated heterocycles. The van der Waals surface area contributed by atoms with Crippen LogP contribution in [0.1, 0.15) is 38.7 Å². The van der Waals surface area contributed by atoms with Crippen molar-refractivity contribution < 1.29 is 34.2 Å². The van der Waals surface area contributed by atoms with Gasteiger partial charge in [0.2, 0.25) is 23.6 Å². The molecule has 1 aromatic rings. The monoisotopic (exact) mass is 525 g/mol. The smallest absolute Gasteiger partial charge is 0.327 e. The fraction of sp³-hybridized carbons (Fsp3) is 0.522. The highest BCUT2D eigenvalue weighted by Crippen LogP contribution is 2.12. The number of thiol groups is 1. The number of phenolic OH excluding ortho intramolecular Hbond substituents is 1. The molecule has 4 amide bonds. The zero-order valence-corrected chi connectivity index (χ0v) is 21.2. The van der Waals surface area contributed by atoms with Crippen LogP contribution < -0.4 is 27.4 Å². The normalized spacial score (nSPS) is 15.0. The van der Waals surface area contributed by atoms with E-state index in [2.05, 4.69) is 28.6 Å². The minimum absolute atomic E-state index is 0.0592. The van der Waals surface area contributed by atoms with Crippen LogP contribution in [0.2, 0.25) is 0 Å². The summed E-state index contributed by atoms with van der Waals surface area (Å²) >= 11 is 3.92. The van der Waals surface area contributed by atoms with Gasteiger partial charge in [0, 0.05) is 12.2 Å². The summed E-state index contributed by atoms with van der Waals surface area (Å²) in [7, 11) is 0. The molecule has 13 heteroatoms. The molecule has 12 nitrogen and oxygen atoms in total. The van der Waals surface area contributed by atoms with E-state index in [1.807, 2.05) is 0 Å². The summed E-state index contributed by atoms with van der Waals surface area (Å²) in [5, 5.41) is 26.0. The third-order valence-corrected chi connectivity index (χ3v) is 6.00. The molecule has 0 aliphatic heterocycles. The Morgan fingerprint density at radius 3 is 2.06 bits per heavy atom. The van der Waals surface area contributed by atoms with Crippen LogP contribution >= 0.6 is 12.6 Å². The van der Waals surface area contributed by atoms with E-state index in [0.717, 1.165) is 0 Å². The van der Waals surface area contributed by atoms with Gasteiger partial charge in [-0.1, -0.05) is 32.4 Å². The molecule has 0 radical (unpaired) electrons. The van der Waals surface area contributed by atoms with Crippen LogP contribution in [0.5, 0.6) is 5.75 Å². The fourth-order valence-electron chi connectivity index (χ4n) is 3.22. The van der Waals surface area contributed by atoms with Gasteiger partial charge in [0.25, 0.3) is 0 Å². The molecule has 0 spiro atoms. The third-order valence-electron chi connectivity index (χ3n) is 5.63. The summed E-state index contributed by atoms with van der Waals surface area (Å²) in [6.07, 6.45) is 0.246. The van der Waals surface area contributed by atoms with Crippen LogP contribution in [0, 0.1) is 5.92 Å². The Bertz CT molecular complexity index is 928. The second-order valence-corrected chi connectivity index (χ2v) is 8.86. The van der Waals surface area contributed by atoms with Crippen molar-refractivity contribution in [2.45, 2.75) is 63.7 Å². The van der Waals surface area contributed by atoms with Crippen molar-refractivity contribution in [3.8, 4) is 5.75 Å². The minimum atomic E-state index is -1.28. The van der Waals surface area contributed by atoms with E-state index in [0.29, 0.717) is 12.0 Å². The maximum Gasteiger partial charge on any atom is 0.327 e. The Morgan fingerprint density at radius 2 is 1.56 bits per heavy atom. The van der Waals surface area contributed by atoms with Gasteiger partial charge in [0.1, 0.15) is 23.9 Å². The molecule has 1 rings (SSSR count). The Hall–Kier alpha value is -3.32. The van der Waals surface area contributed by atoms with Gasteiger partial charge in [-0.25, -0.2) is 4.79 Å². The predicted octanol–water partition coefficient (Wildman–Crippen LogP) is -0.958. The zero-order valence-electron chi connectivity index (χ0n) is 20.3. The van der Waals surface area contributed by atoms with Crippen molar-refractivity contribution in [2.24, 2.45) is 17.4 Å². The van der Waals surface area contributed by atoms with Crippen molar-refractivity contribution in [2.75, 3.05) is 5.75 Å². The van der Waals surface area contributed by atoms with Crippen LogP contribution in [0.3, 0.4) is 0 Å². The number of amides is 4. The molecule has 0 aliphatic rings. The van der Waals surface area contributed by atoms with Gasteiger partial charge >= 0.3 is 5.97 Å². The Kier molecular flexibility index (Phi) is 12.7. The largest absolute Gasteiger partial charge is 0.508 e. The highest BCUT2D eigenvalue weighted by atomic mass is 32.1. The average molecular weight is 526 g/mol. The molecule has 0 aromatic heterocycles. The van der Waals surface area contributed by atoms with Crippen LogP contribution in [-0.2, 0) is 30.4 Å². The summed E-state index contributed by atoms with van der Waals surface area (Å²) in [5.41, 5.74) is 11.9. The van der Waals surface area contributed by atoms with Crippen molar-refractivity contribution >= 4 is 42.2 Å². The lowest BCUT2D eigenvalue weighted by atomic mass is 9.97. The molecule has 5 atom stereocenters. The number of primary amides is 1. The third kappa shape index (κ3) is 10.1. The highest BCUT2D eigenvalue weighted by Gasteiger charge is 2.32. The molecule has 5 unspecified atom stereocenters. The second kappa shape index (κ2) is 14.9. The van der Waals surface area contributed by atoms with E-state index in [1.54, 1.807) is 26.0 Å². The van der Waals surface area contributed by atoms with E-state index < -0.39 is 53.8 Å². The first-order valence-corrected chi connectivity index (χ1v) is 12.1. The summed E-state index contributed by atoms with van der Waals surface area (Å²) in [4.78, 5) is 61.2. The first-order valence-electron chi connectivity index (χ1n) is 11.5. The first-order chi connectivity index (χ1) is 16.9. The SMILES string of the molecule is CCC(C)C(NC(=O)C(CCC(N)=O)NC(=O)C(N)Cc1ccc(O)cc1)C(=O)NC(CS)C(=O)O. The fourth-order valence-corrected chi connectivity index (χ4v) is 3.46. The van der Waals surface area contributed by atoms with Crippen LogP contribution in [0.25, 0.3) is 0 Å². The number of carbonyl (C=O) groups is 5.